The Morgan fingerprint density at radius 3 is 2.53 bits per heavy atom. The lowest BCUT2D eigenvalue weighted by molar-refractivity contribution is 0.101. The number of carbonyl (C=O) groups is 1. The molecule has 0 saturated carbocycles. The Morgan fingerprint density at radius 2 is 2.00 bits per heavy atom. The van der Waals surface area contributed by atoms with Crippen molar-refractivity contribution in [2.75, 3.05) is 20.2 Å². The molecule has 3 nitrogen and oxygen atoms in total. The predicted molar refractivity (Wildman–Crippen MR) is 60.5 cm³/mol. The molecule has 1 N–H and O–H groups in total. The second kappa shape index (κ2) is 6.19. The third-order valence-electron chi connectivity index (χ3n) is 2.10. The summed E-state index contributed by atoms with van der Waals surface area (Å²) in [6.07, 6.45) is 0.977. The van der Waals surface area contributed by atoms with Gasteiger partial charge in [-0.1, -0.05) is 0 Å². The molecule has 0 atom stereocenters. The second-order valence-electron chi connectivity index (χ2n) is 3.39. The van der Waals surface area contributed by atoms with Crippen LogP contribution in [0, 0.1) is 0 Å². The van der Waals surface area contributed by atoms with Crippen molar-refractivity contribution in [1.29, 1.82) is 0 Å². The predicted octanol–water partition coefficient (Wildman–Crippen LogP) is 1.88. The van der Waals surface area contributed by atoms with Crippen molar-refractivity contribution in [2.45, 2.75) is 13.3 Å². The average molecular weight is 207 g/mol. The summed E-state index contributed by atoms with van der Waals surface area (Å²) in [5.41, 5.74) is 0.720. The molecule has 0 radical (unpaired) electrons. The molecule has 0 spiro atoms. The molecule has 0 aromatic heterocycles. The molecule has 0 saturated heterocycles. The molecule has 82 valence electrons. The van der Waals surface area contributed by atoms with E-state index in [-0.39, 0.29) is 5.78 Å². The molecule has 0 fully saturated rings. The Morgan fingerprint density at radius 1 is 1.33 bits per heavy atom. The molecule has 1 rings (SSSR count). The molecule has 0 unspecified atom stereocenters. The van der Waals surface area contributed by atoms with Gasteiger partial charge < -0.3 is 10.1 Å². The van der Waals surface area contributed by atoms with Crippen molar-refractivity contribution < 1.29 is 9.53 Å². The minimum absolute atomic E-state index is 0.0803. The molecule has 15 heavy (non-hydrogen) atoms. The quantitative estimate of drug-likeness (QED) is 0.571. The number of hydrogen-bond acceptors (Lipinski definition) is 3. The third kappa shape index (κ3) is 4.13. The van der Waals surface area contributed by atoms with E-state index in [0.717, 1.165) is 24.3 Å². The van der Waals surface area contributed by atoms with Crippen LogP contribution in [0.3, 0.4) is 0 Å². The minimum Gasteiger partial charge on any atom is -0.494 e. The van der Waals surface area contributed by atoms with Crippen LogP contribution in [0.2, 0.25) is 0 Å². The smallest absolute Gasteiger partial charge is 0.159 e. The van der Waals surface area contributed by atoms with E-state index >= 15 is 0 Å². The van der Waals surface area contributed by atoms with Crippen molar-refractivity contribution >= 4 is 5.78 Å². The van der Waals surface area contributed by atoms with Gasteiger partial charge in [-0.25, -0.2) is 0 Å². The van der Waals surface area contributed by atoms with E-state index < -0.39 is 0 Å². The highest BCUT2D eigenvalue weighted by molar-refractivity contribution is 5.94. The Balaban J connectivity index is 2.39. The minimum atomic E-state index is 0.0803. The average Bonchev–Trinajstić information content (AvgIpc) is 2.25. The van der Waals surface area contributed by atoms with Gasteiger partial charge in [-0.15, -0.1) is 0 Å². The van der Waals surface area contributed by atoms with E-state index in [4.69, 9.17) is 4.74 Å². The van der Waals surface area contributed by atoms with Gasteiger partial charge in [0, 0.05) is 5.56 Å². The molecule has 1 aromatic carbocycles. The molecule has 0 aliphatic rings. The van der Waals surface area contributed by atoms with Crippen molar-refractivity contribution in [1.82, 2.24) is 5.32 Å². The Kier molecular flexibility index (Phi) is 4.84. The fourth-order valence-electron chi connectivity index (χ4n) is 1.22. The maximum absolute atomic E-state index is 11.0. The number of ketones is 1. The summed E-state index contributed by atoms with van der Waals surface area (Å²) in [5, 5.41) is 3.05. The van der Waals surface area contributed by atoms with Crippen molar-refractivity contribution in [3.8, 4) is 5.75 Å². The summed E-state index contributed by atoms with van der Waals surface area (Å²) in [6.45, 7) is 3.20. The van der Waals surface area contributed by atoms with Crippen LogP contribution >= 0.6 is 0 Å². The molecular weight excluding hydrogens is 190 g/mol. The summed E-state index contributed by atoms with van der Waals surface area (Å²) < 4.78 is 5.49. The fourth-order valence-corrected chi connectivity index (χ4v) is 1.22. The molecule has 0 bridgehead atoms. The zero-order valence-electron chi connectivity index (χ0n) is 9.25. The van der Waals surface area contributed by atoms with Crippen LogP contribution in [0.15, 0.2) is 24.3 Å². The highest BCUT2D eigenvalue weighted by Crippen LogP contribution is 2.12. The first-order valence-electron chi connectivity index (χ1n) is 5.12. The maximum Gasteiger partial charge on any atom is 0.159 e. The van der Waals surface area contributed by atoms with Gasteiger partial charge in [0.2, 0.25) is 0 Å². The summed E-state index contributed by atoms with van der Waals surface area (Å²) in [4.78, 5) is 11.0. The Labute approximate surface area is 90.4 Å². The first-order valence-corrected chi connectivity index (χ1v) is 5.12. The number of nitrogens with one attached hydrogen (secondary N) is 1. The van der Waals surface area contributed by atoms with E-state index in [1.54, 1.807) is 19.1 Å². The summed E-state index contributed by atoms with van der Waals surface area (Å²) in [6, 6.07) is 7.23. The number of Topliss-reactive ketones (excluding diaryl/α,β-unsaturated/α-hetero) is 1. The van der Waals surface area contributed by atoms with Crippen molar-refractivity contribution in [2.24, 2.45) is 0 Å². The molecule has 0 aliphatic carbocycles. The monoisotopic (exact) mass is 207 g/mol. The molecule has 0 aliphatic heterocycles. The fraction of sp³-hybridized carbons (Fsp3) is 0.417. The van der Waals surface area contributed by atoms with Gasteiger partial charge in [0.05, 0.1) is 6.61 Å². The third-order valence-corrected chi connectivity index (χ3v) is 2.10. The van der Waals surface area contributed by atoms with Gasteiger partial charge in [0.25, 0.3) is 0 Å². The number of ether oxygens (including phenoxy) is 1. The van der Waals surface area contributed by atoms with Gasteiger partial charge in [0.15, 0.2) is 5.78 Å². The van der Waals surface area contributed by atoms with Crippen LogP contribution in [0.25, 0.3) is 0 Å². The van der Waals surface area contributed by atoms with E-state index in [1.165, 1.54) is 0 Å². The van der Waals surface area contributed by atoms with Crippen LogP contribution in [0.5, 0.6) is 5.75 Å². The molecule has 0 heterocycles. The highest BCUT2D eigenvalue weighted by atomic mass is 16.5. The maximum atomic E-state index is 11.0. The van der Waals surface area contributed by atoms with E-state index in [9.17, 15) is 4.79 Å². The van der Waals surface area contributed by atoms with Gasteiger partial charge in [-0.2, -0.15) is 0 Å². The number of carbonyl (C=O) groups excluding carboxylic acids is 1. The van der Waals surface area contributed by atoms with Gasteiger partial charge in [-0.05, 0) is 51.2 Å². The lowest BCUT2D eigenvalue weighted by atomic mass is 10.1. The summed E-state index contributed by atoms with van der Waals surface area (Å²) in [5.74, 6) is 0.896. The Bertz CT molecular complexity index is 306. The normalized spacial score (nSPS) is 10.0. The van der Waals surface area contributed by atoms with Crippen LogP contribution in [-0.4, -0.2) is 26.0 Å². The van der Waals surface area contributed by atoms with Gasteiger partial charge in [0.1, 0.15) is 5.75 Å². The van der Waals surface area contributed by atoms with Crippen LogP contribution in [0.1, 0.15) is 23.7 Å². The standard InChI is InChI=1S/C12H17NO2/c1-10(14)11-4-6-12(7-5-11)15-9-3-8-13-2/h4-7,13H,3,8-9H2,1-2H3. The van der Waals surface area contributed by atoms with Crippen molar-refractivity contribution in [3.05, 3.63) is 29.8 Å². The SMILES string of the molecule is CNCCCOc1ccc(C(C)=O)cc1. The summed E-state index contributed by atoms with van der Waals surface area (Å²) >= 11 is 0. The molecule has 3 heteroatoms. The molecular formula is C12H17NO2. The van der Waals surface area contributed by atoms with E-state index in [1.807, 2.05) is 19.2 Å². The lowest BCUT2D eigenvalue weighted by Gasteiger charge is -2.05. The Hall–Kier alpha value is -1.35. The van der Waals surface area contributed by atoms with Gasteiger partial charge >= 0.3 is 0 Å². The zero-order chi connectivity index (χ0) is 11.1. The van der Waals surface area contributed by atoms with Crippen LogP contribution in [-0.2, 0) is 0 Å². The molecule has 1 aromatic rings. The van der Waals surface area contributed by atoms with Crippen LogP contribution in [0.4, 0.5) is 0 Å². The zero-order valence-corrected chi connectivity index (χ0v) is 9.25. The van der Waals surface area contributed by atoms with E-state index in [0.29, 0.717) is 6.61 Å². The van der Waals surface area contributed by atoms with Crippen molar-refractivity contribution in [3.63, 3.8) is 0 Å². The largest absolute Gasteiger partial charge is 0.494 e. The topological polar surface area (TPSA) is 38.3 Å². The van der Waals surface area contributed by atoms with E-state index in [2.05, 4.69) is 5.32 Å². The van der Waals surface area contributed by atoms with Crippen LogP contribution < -0.4 is 10.1 Å². The molecule has 0 amide bonds. The highest BCUT2D eigenvalue weighted by Gasteiger charge is 1.98. The lowest BCUT2D eigenvalue weighted by Crippen LogP contribution is -2.11. The van der Waals surface area contributed by atoms with Gasteiger partial charge in [-0.3, -0.25) is 4.79 Å². The number of rotatable bonds is 6. The second-order valence-corrected chi connectivity index (χ2v) is 3.39. The number of hydrogen-bond donors (Lipinski definition) is 1. The first kappa shape index (κ1) is 11.7. The number of benzene rings is 1. The first-order chi connectivity index (χ1) is 7.24. The summed E-state index contributed by atoms with van der Waals surface area (Å²) in [7, 11) is 1.92.